The summed E-state index contributed by atoms with van der Waals surface area (Å²) >= 11 is 0. The Morgan fingerprint density at radius 1 is 0.450 bits per heavy atom. The Labute approximate surface area is 494 Å². The van der Waals surface area contributed by atoms with Crippen molar-refractivity contribution in [3.8, 4) is 0 Å². The molecule has 0 spiro atoms. The molecule has 0 bridgehead atoms. The zero-order valence-corrected chi connectivity index (χ0v) is 53.3. The van der Waals surface area contributed by atoms with Gasteiger partial charge in [-0.25, -0.2) is 4.18 Å². The molecular weight excluding hydrogens is 1030 g/mol. The fourth-order valence-electron chi connectivity index (χ4n) is 11.8. The molecule has 12 nitrogen and oxygen atoms in total. The van der Waals surface area contributed by atoms with E-state index in [0.29, 0.717) is 12.8 Å². The van der Waals surface area contributed by atoms with Crippen molar-refractivity contribution in [3.05, 3.63) is 0 Å². The molecule has 7 atom stereocenters. The third-order valence-electron chi connectivity index (χ3n) is 17.2. The van der Waals surface area contributed by atoms with Crippen molar-refractivity contribution in [2.75, 3.05) is 13.2 Å². The minimum Gasteiger partial charge on any atom is -0.394 e. The zero-order valence-electron chi connectivity index (χ0n) is 52.4. The second-order valence-corrected chi connectivity index (χ2v) is 25.9. The van der Waals surface area contributed by atoms with Crippen molar-refractivity contribution >= 4 is 16.3 Å². The number of nitrogens with one attached hydrogen (secondary N) is 1. The Morgan fingerprint density at radius 2 is 0.725 bits per heavy atom. The molecule has 80 heavy (non-hydrogen) atoms. The van der Waals surface area contributed by atoms with E-state index in [-0.39, 0.29) is 12.5 Å². The summed E-state index contributed by atoms with van der Waals surface area (Å²) in [5.41, 5.74) is 0. The van der Waals surface area contributed by atoms with Gasteiger partial charge in [-0.1, -0.05) is 348 Å². The van der Waals surface area contributed by atoms with Gasteiger partial charge in [0, 0.05) is 6.42 Å². The average Bonchev–Trinajstić information content (AvgIpc) is 3.43. The smallest absolute Gasteiger partial charge is 0.394 e. The summed E-state index contributed by atoms with van der Waals surface area (Å²) < 4.78 is 48.1. The van der Waals surface area contributed by atoms with Crippen molar-refractivity contribution in [2.24, 2.45) is 0 Å². The molecule has 0 aliphatic carbocycles. The number of rotatable bonds is 63. The zero-order chi connectivity index (χ0) is 58.3. The lowest BCUT2D eigenvalue weighted by Gasteiger charge is -2.41. The van der Waals surface area contributed by atoms with Gasteiger partial charge in [-0.2, -0.15) is 8.42 Å². The highest BCUT2D eigenvalue weighted by Crippen LogP contribution is 2.27. The molecule has 1 aliphatic heterocycles. The maximum absolute atomic E-state index is 13.2. The molecule has 0 aromatic carbocycles. The van der Waals surface area contributed by atoms with Crippen LogP contribution in [0.25, 0.3) is 0 Å². The average molecular weight is 1160 g/mol. The standard InChI is InChI=1S/C67H133NO11S/c1-3-5-7-9-11-13-15-17-19-21-23-25-27-28-29-30-31-32-33-34-35-37-39-41-43-45-47-49-51-53-55-57-63(71)68-60(59-77-67-65(73)66(79-80(74,75)76)64(72)62(58-69)78-67)61(70)56-54-52-50-48-46-44-42-40-38-36-26-24-22-20-18-16-14-12-10-8-6-4-2/h60-62,64-67,69-70,72-73H,3-59H2,1-2H3,(H,68,71)(H,74,75,76). The molecule has 1 rings (SSSR count). The molecule has 0 aromatic rings. The molecule has 1 saturated heterocycles. The fourth-order valence-corrected chi connectivity index (χ4v) is 12.3. The Morgan fingerprint density at radius 3 is 1.00 bits per heavy atom. The molecule has 13 heteroatoms. The topological polar surface area (TPSA) is 192 Å². The third-order valence-corrected chi connectivity index (χ3v) is 17.6. The first kappa shape index (κ1) is 77.1. The van der Waals surface area contributed by atoms with Crippen LogP contribution in [0.1, 0.15) is 367 Å². The summed E-state index contributed by atoms with van der Waals surface area (Å²) in [5.74, 6) is -0.219. The van der Waals surface area contributed by atoms with Gasteiger partial charge in [-0.15, -0.1) is 0 Å². The number of amides is 1. The Kier molecular flexibility index (Phi) is 55.1. The monoisotopic (exact) mass is 1160 g/mol. The highest BCUT2D eigenvalue weighted by molar-refractivity contribution is 7.80. The van der Waals surface area contributed by atoms with Gasteiger partial charge in [0.25, 0.3) is 0 Å². The van der Waals surface area contributed by atoms with Crippen molar-refractivity contribution in [1.82, 2.24) is 5.32 Å². The lowest BCUT2D eigenvalue weighted by molar-refractivity contribution is -0.298. The minimum atomic E-state index is -5.08. The largest absolute Gasteiger partial charge is 0.397 e. The van der Waals surface area contributed by atoms with Crippen LogP contribution in [-0.4, -0.2) is 95.4 Å². The van der Waals surface area contributed by atoms with E-state index >= 15 is 0 Å². The SMILES string of the molecule is CCCCCCCCCCCCCCCCCCCCCCCCCCCCCCCCCC(=O)NC(COC1OC(CO)C(O)C(OS(=O)(=O)O)C1O)C(O)CCCCCCCCCCCCCCCCCCCCCCCC. The van der Waals surface area contributed by atoms with Gasteiger partial charge in [-0.05, 0) is 12.8 Å². The second-order valence-electron chi connectivity index (χ2n) is 24.8. The molecule has 6 N–H and O–H groups in total. The van der Waals surface area contributed by atoms with Crippen LogP contribution in [0.5, 0.6) is 0 Å². The predicted octanol–water partition coefficient (Wildman–Crippen LogP) is 18.0. The van der Waals surface area contributed by atoms with Gasteiger partial charge in [0.2, 0.25) is 5.91 Å². The number of ether oxygens (including phenoxy) is 2. The number of carbonyl (C=O) groups excluding carboxylic acids is 1. The van der Waals surface area contributed by atoms with Gasteiger partial charge in [0.05, 0.1) is 25.4 Å². The highest BCUT2D eigenvalue weighted by atomic mass is 32.3. The van der Waals surface area contributed by atoms with E-state index in [9.17, 15) is 38.2 Å². The van der Waals surface area contributed by atoms with Crippen molar-refractivity contribution in [2.45, 2.75) is 410 Å². The number of hydrogen-bond acceptors (Lipinski definition) is 10. The molecular formula is C67H133NO11S. The summed E-state index contributed by atoms with van der Waals surface area (Å²) in [4.78, 5) is 13.2. The molecule has 1 heterocycles. The molecule has 0 radical (unpaired) electrons. The van der Waals surface area contributed by atoms with E-state index in [2.05, 4.69) is 23.3 Å². The number of carbonyl (C=O) groups is 1. The Balaban J connectivity index is 2.21. The maximum atomic E-state index is 13.2. The Bertz CT molecular complexity index is 1410. The van der Waals surface area contributed by atoms with E-state index in [1.54, 1.807) is 0 Å². The van der Waals surface area contributed by atoms with Gasteiger partial charge >= 0.3 is 10.4 Å². The van der Waals surface area contributed by atoms with E-state index < -0.39 is 59.9 Å². The van der Waals surface area contributed by atoms with Gasteiger partial charge in [0.15, 0.2) is 6.29 Å². The quantitative estimate of drug-likeness (QED) is 0.0251. The number of aliphatic hydroxyl groups is 4. The van der Waals surface area contributed by atoms with E-state index in [0.717, 1.165) is 51.4 Å². The maximum Gasteiger partial charge on any atom is 0.397 e. The van der Waals surface area contributed by atoms with Crippen LogP contribution in [0.4, 0.5) is 0 Å². The summed E-state index contributed by atoms with van der Waals surface area (Å²) in [6.45, 7) is 3.53. The number of aliphatic hydroxyl groups excluding tert-OH is 4. The van der Waals surface area contributed by atoms with Gasteiger partial charge < -0.3 is 35.2 Å². The van der Waals surface area contributed by atoms with Gasteiger partial charge in [0.1, 0.15) is 24.4 Å². The van der Waals surface area contributed by atoms with Crippen LogP contribution in [-0.2, 0) is 28.9 Å². The van der Waals surface area contributed by atoms with Crippen LogP contribution in [0.2, 0.25) is 0 Å². The Hall–Kier alpha value is -0.900. The minimum absolute atomic E-state index is 0.219. The highest BCUT2D eigenvalue weighted by Gasteiger charge is 2.48. The molecule has 0 saturated carbocycles. The molecule has 1 fully saturated rings. The lowest BCUT2D eigenvalue weighted by atomic mass is 9.99. The van der Waals surface area contributed by atoms with E-state index in [1.807, 2.05) is 0 Å². The summed E-state index contributed by atoms with van der Waals surface area (Å²) in [6.07, 6.45) is 61.4. The third kappa shape index (κ3) is 48.3. The van der Waals surface area contributed by atoms with Gasteiger partial charge in [-0.3, -0.25) is 9.35 Å². The first-order chi connectivity index (χ1) is 39.0. The van der Waals surface area contributed by atoms with E-state index in [1.165, 1.54) is 289 Å². The first-order valence-electron chi connectivity index (χ1n) is 34.9. The molecule has 1 amide bonds. The van der Waals surface area contributed by atoms with Crippen molar-refractivity contribution in [3.63, 3.8) is 0 Å². The summed E-state index contributed by atoms with van der Waals surface area (Å²) in [7, 11) is -5.08. The van der Waals surface area contributed by atoms with Crippen LogP contribution in [0, 0.1) is 0 Å². The number of unbranched alkanes of at least 4 members (excludes halogenated alkanes) is 51. The fraction of sp³-hybridized carbons (Fsp3) is 0.985. The second kappa shape index (κ2) is 57.2. The van der Waals surface area contributed by atoms with Crippen LogP contribution in [0.3, 0.4) is 0 Å². The number of hydrogen-bond donors (Lipinski definition) is 6. The van der Waals surface area contributed by atoms with Crippen LogP contribution < -0.4 is 5.32 Å². The van der Waals surface area contributed by atoms with Crippen LogP contribution >= 0.6 is 0 Å². The van der Waals surface area contributed by atoms with Crippen molar-refractivity contribution in [1.29, 1.82) is 0 Å². The normalized spacial score (nSPS) is 18.5. The first-order valence-corrected chi connectivity index (χ1v) is 36.3. The van der Waals surface area contributed by atoms with E-state index in [4.69, 9.17) is 9.47 Å². The molecule has 0 aromatic heterocycles. The molecule has 478 valence electrons. The predicted molar refractivity (Wildman–Crippen MR) is 333 cm³/mol. The molecule has 1 aliphatic rings. The summed E-state index contributed by atoms with van der Waals surface area (Å²) in [6, 6.07) is -0.855. The lowest BCUT2D eigenvalue weighted by Crippen LogP contribution is -2.61. The molecule has 7 unspecified atom stereocenters. The van der Waals surface area contributed by atoms with Crippen LogP contribution in [0.15, 0.2) is 0 Å². The summed E-state index contributed by atoms with van der Waals surface area (Å²) in [5, 5.41) is 45.3. The van der Waals surface area contributed by atoms with Crippen molar-refractivity contribution < 1.29 is 51.8 Å².